The third kappa shape index (κ3) is 5.08. The molecule has 2 amide bonds. The molecule has 0 aliphatic carbocycles. The molecular weight excluding hydrogens is 322 g/mol. The molecule has 10 heteroatoms. The van der Waals surface area contributed by atoms with Crippen LogP contribution in [0, 0.1) is 5.82 Å². The number of carbonyl (C=O) groups is 2. The number of ether oxygens (including phenoxy) is 1. The van der Waals surface area contributed by atoms with Gasteiger partial charge in [0.2, 0.25) is 0 Å². The largest absolute Gasteiger partial charge is 0.443 e. The lowest BCUT2D eigenvalue weighted by Gasteiger charge is -2.24. The topological polar surface area (TPSA) is 71.5 Å². The molecule has 0 aromatic carbocycles. The third-order valence-electron chi connectivity index (χ3n) is 2.38. The lowest BCUT2D eigenvalue weighted by Crippen LogP contribution is -2.46. The Balaban J connectivity index is 3.04. The SMILES string of the molecule is CN(NC(=O)OC(C)(C)C)C(=O)c1c(F)cncc1C(F)(F)F. The molecule has 0 bridgehead atoms. The van der Waals surface area contributed by atoms with E-state index in [0.717, 1.165) is 7.05 Å². The third-order valence-corrected chi connectivity index (χ3v) is 2.38. The summed E-state index contributed by atoms with van der Waals surface area (Å²) in [7, 11) is 0.965. The van der Waals surface area contributed by atoms with E-state index in [1.165, 1.54) is 0 Å². The van der Waals surface area contributed by atoms with Gasteiger partial charge in [0.05, 0.1) is 17.3 Å². The van der Waals surface area contributed by atoms with Crippen molar-refractivity contribution in [2.24, 2.45) is 0 Å². The van der Waals surface area contributed by atoms with E-state index < -0.39 is 40.7 Å². The average molecular weight is 337 g/mol. The predicted octanol–water partition coefficient (Wildman–Crippen LogP) is 2.75. The maximum Gasteiger partial charge on any atom is 0.426 e. The summed E-state index contributed by atoms with van der Waals surface area (Å²) in [6, 6.07) is 0. The molecule has 0 unspecified atom stereocenters. The molecule has 0 saturated carbocycles. The van der Waals surface area contributed by atoms with Gasteiger partial charge in [-0.3, -0.25) is 14.8 Å². The van der Waals surface area contributed by atoms with E-state index in [1.54, 1.807) is 20.8 Å². The minimum absolute atomic E-state index is 0.331. The predicted molar refractivity (Wildman–Crippen MR) is 70.7 cm³/mol. The Morgan fingerprint density at radius 1 is 1.22 bits per heavy atom. The van der Waals surface area contributed by atoms with Gasteiger partial charge in [-0.2, -0.15) is 13.2 Å². The Labute approximate surface area is 129 Å². The molecule has 1 rings (SSSR count). The summed E-state index contributed by atoms with van der Waals surface area (Å²) in [5.74, 6) is -2.86. The van der Waals surface area contributed by atoms with Crippen LogP contribution in [0.3, 0.4) is 0 Å². The lowest BCUT2D eigenvalue weighted by atomic mass is 10.1. The summed E-state index contributed by atoms with van der Waals surface area (Å²) in [5, 5.41) is 0.404. The van der Waals surface area contributed by atoms with Crippen LogP contribution in [-0.4, -0.2) is 34.6 Å². The first-order valence-corrected chi connectivity index (χ1v) is 6.31. The van der Waals surface area contributed by atoms with Gasteiger partial charge in [-0.1, -0.05) is 0 Å². The van der Waals surface area contributed by atoms with E-state index in [-0.39, 0.29) is 0 Å². The van der Waals surface area contributed by atoms with E-state index >= 15 is 0 Å². The number of hydrogen-bond donors (Lipinski definition) is 1. The molecular formula is C13H15F4N3O3. The van der Waals surface area contributed by atoms with E-state index in [0.29, 0.717) is 17.4 Å². The van der Waals surface area contributed by atoms with Gasteiger partial charge >= 0.3 is 12.3 Å². The second kappa shape index (κ2) is 6.39. The molecule has 6 nitrogen and oxygen atoms in total. The zero-order chi connectivity index (χ0) is 18.0. The zero-order valence-corrected chi connectivity index (χ0v) is 12.8. The van der Waals surface area contributed by atoms with Crippen molar-refractivity contribution < 1.29 is 31.9 Å². The van der Waals surface area contributed by atoms with Crippen molar-refractivity contribution in [1.29, 1.82) is 0 Å². The fourth-order valence-corrected chi connectivity index (χ4v) is 1.52. The van der Waals surface area contributed by atoms with Crippen molar-refractivity contribution in [2.75, 3.05) is 7.05 Å². The second-order valence-electron chi connectivity index (χ2n) is 5.52. The Morgan fingerprint density at radius 2 is 1.78 bits per heavy atom. The maximum absolute atomic E-state index is 13.6. The summed E-state index contributed by atoms with van der Waals surface area (Å²) in [6.07, 6.45) is -5.25. The maximum atomic E-state index is 13.6. The highest BCUT2D eigenvalue weighted by molar-refractivity contribution is 5.96. The van der Waals surface area contributed by atoms with E-state index in [1.807, 2.05) is 5.43 Å². The van der Waals surface area contributed by atoms with Crippen molar-refractivity contribution in [3.05, 3.63) is 29.3 Å². The number of nitrogens with zero attached hydrogens (tertiary/aromatic N) is 2. The van der Waals surface area contributed by atoms with Gasteiger partial charge < -0.3 is 4.74 Å². The van der Waals surface area contributed by atoms with Gasteiger partial charge in [-0.15, -0.1) is 0 Å². The van der Waals surface area contributed by atoms with E-state index in [9.17, 15) is 27.2 Å². The van der Waals surface area contributed by atoms with Crippen LogP contribution in [0.5, 0.6) is 0 Å². The normalized spacial score (nSPS) is 11.8. The highest BCUT2D eigenvalue weighted by Gasteiger charge is 2.38. The summed E-state index contributed by atoms with van der Waals surface area (Å²) in [6.45, 7) is 4.66. The number of pyridine rings is 1. The highest BCUT2D eigenvalue weighted by Crippen LogP contribution is 2.32. The number of amides is 2. The van der Waals surface area contributed by atoms with Gasteiger partial charge in [-0.25, -0.2) is 14.6 Å². The Hall–Kier alpha value is -2.39. The fourth-order valence-electron chi connectivity index (χ4n) is 1.52. The smallest absolute Gasteiger partial charge is 0.426 e. The van der Waals surface area contributed by atoms with Crippen LogP contribution in [-0.2, 0) is 10.9 Å². The monoisotopic (exact) mass is 337 g/mol. The molecule has 1 heterocycles. The number of nitrogens with one attached hydrogen (secondary N) is 1. The molecule has 0 aliphatic heterocycles. The molecule has 0 saturated heterocycles. The average Bonchev–Trinajstić information content (AvgIpc) is 2.33. The minimum atomic E-state index is -4.98. The molecule has 0 atom stereocenters. The van der Waals surface area contributed by atoms with Crippen LogP contribution < -0.4 is 5.43 Å². The number of carbonyl (C=O) groups excluding carboxylic acids is 2. The van der Waals surface area contributed by atoms with E-state index in [4.69, 9.17) is 4.74 Å². The van der Waals surface area contributed by atoms with Gasteiger partial charge in [-0.05, 0) is 20.8 Å². The fraction of sp³-hybridized carbons (Fsp3) is 0.462. The minimum Gasteiger partial charge on any atom is -0.443 e. The molecule has 0 radical (unpaired) electrons. The van der Waals surface area contributed by atoms with Gasteiger partial charge in [0, 0.05) is 13.2 Å². The van der Waals surface area contributed by atoms with Crippen LogP contribution in [0.1, 0.15) is 36.7 Å². The standard InChI is InChI=1S/C13H15F4N3O3/c1-12(2,3)23-11(22)19-20(4)10(21)9-7(13(15,16)17)5-18-6-8(9)14/h5-6H,1-4H3,(H,19,22). The molecule has 23 heavy (non-hydrogen) atoms. The highest BCUT2D eigenvalue weighted by atomic mass is 19.4. The van der Waals surface area contributed by atoms with Crippen molar-refractivity contribution >= 4 is 12.0 Å². The summed E-state index contributed by atoms with van der Waals surface area (Å²) in [4.78, 5) is 26.6. The van der Waals surface area contributed by atoms with Crippen LogP contribution in [0.15, 0.2) is 12.4 Å². The van der Waals surface area contributed by atoms with Crippen molar-refractivity contribution in [3.63, 3.8) is 0 Å². The number of hydrazine groups is 1. The molecule has 0 spiro atoms. The summed E-state index contributed by atoms with van der Waals surface area (Å²) in [5.41, 5.74) is -1.76. The molecule has 0 aliphatic rings. The van der Waals surface area contributed by atoms with Gasteiger partial charge in [0.15, 0.2) is 5.82 Å². The van der Waals surface area contributed by atoms with Crippen LogP contribution in [0.4, 0.5) is 22.4 Å². The Bertz CT molecular complexity index is 611. The van der Waals surface area contributed by atoms with Crippen LogP contribution >= 0.6 is 0 Å². The van der Waals surface area contributed by atoms with E-state index in [2.05, 4.69) is 4.98 Å². The summed E-state index contributed by atoms with van der Waals surface area (Å²) < 4.78 is 57.0. The zero-order valence-electron chi connectivity index (χ0n) is 12.8. The quantitative estimate of drug-likeness (QED) is 0.632. The first-order valence-electron chi connectivity index (χ1n) is 6.31. The second-order valence-corrected chi connectivity index (χ2v) is 5.52. The number of alkyl halides is 3. The molecule has 1 N–H and O–H groups in total. The molecule has 1 aromatic rings. The summed E-state index contributed by atoms with van der Waals surface area (Å²) >= 11 is 0. The van der Waals surface area contributed by atoms with Crippen molar-refractivity contribution in [2.45, 2.75) is 32.5 Å². The van der Waals surface area contributed by atoms with Crippen LogP contribution in [0.2, 0.25) is 0 Å². The van der Waals surface area contributed by atoms with Gasteiger partial charge in [0.25, 0.3) is 5.91 Å². The Kier molecular flexibility index (Phi) is 5.18. The van der Waals surface area contributed by atoms with Crippen molar-refractivity contribution in [3.8, 4) is 0 Å². The number of hydrogen-bond acceptors (Lipinski definition) is 4. The van der Waals surface area contributed by atoms with Crippen molar-refractivity contribution in [1.82, 2.24) is 15.4 Å². The molecule has 128 valence electrons. The van der Waals surface area contributed by atoms with Gasteiger partial charge in [0.1, 0.15) is 5.60 Å². The molecule has 1 aromatic heterocycles. The molecule has 0 fully saturated rings. The number of rotatable bonds is 1. The number of halogens is 4. The van der Waals surface area contributed by atoms with Crippen LogP contribution in [0.25, 0.3) is 0 Å². The lowest BCUT2D eigenvalue weighted by molar-refractivity contribution is -0.138. The first-order chi connectivity index (χ1) is 10.3. The first kappa shape index (κ1) is 18.7. The number of aromatic nitrogens is 1. The Morgan fingerprint density at radius 3 is 2.26 bits per heavy atom.